The molecule has 2 rings (SSSR count). The third-order valence-electron chi connectivity index (χ3n) is 2.18. The van der Waals surface area contributed by atoms with Crippen LogP contribution in [-0.4, -0.2) is 22.0 Å². The van der Waals surface area contributed by atoms with Gasteiger partial charge in [0.2, 0.25) is 0 Å². The molecule has 0 saturated heterocycles. The van der Waals surface area contributed by atoms with Crippen LogP contribution < -0.4 is 10.9 Å². The molecule has 2 aromatic heterocycles. The van der Waals surface area contributed by atoms with Crippen LogP contribution >= 0.6 is 0 Å². The van der Waals surface area contributed by atoms with Gasteiger partial charge in [0.05, 0.1) is 6.26 Å². The van der Waals surface area contributed by atoms with Crippen molar-refractivity contribution in [3.05, 3.63) is 47.7 Å². The van der Waals surface area contributed by atoms with Crippen molar-refractivity contribution >= 4 is 17.9 Å². The molecule has 2 amide bonds. The molecule has 0 aliphatic heterocycles. The summed E-state index contributed by atoms with van der Waals surface area (Å²) < 4.78 is 5.01. The summed E-state index contributed by atoms with van der Waals surface area (Å²) in [6.07, 6.45) is 4.23. The van der Waals surface area contributed by atoms with Gasteiger partial charge in [0.15, 0.2) is 5.69 Å². The van der Waals surface area contributed by atoms with Crippen molar-refractivity contribution in [3.8, 4) is 0 Å². The van der Waals surface area contributed by atoms with Crippen molar-refractivity contribution in [2.75, 3.05) is 0 Å². The van der Waals surface area contributed by atoms with Gasteiger partial charge in [0.25, 0.3) is 11.8 Å². The highest BCUT2D eigenvalue weighted by molar-refractivity contribution is 5.96. The molecule has 0 bridgehead atoms. The number of carbonyl (C=O) groups is 2. The molecule has 0 spiro atoms. The van der Waals surface area contributed by atoms with Crippen LogP contribution in [0.5, 0.6) is 0 Å². The molecular formula is C12H12N4O3. The fourth-order valence-corrected chi connectivity index (χ4v) is 1.30. The van der Waals surface area contributed by atoms with Crippen molar-refractivity contribution in [1.82, 2.24) is 21.0 Å². The molecule has 0 aromatic carbocycles. The van der Waals surface area contributed by atoms with E-state index in [9.17, 15) is 9.59 Å². The minimum absolute atomic E-state index is 0.202. The zero-order valence-corrected chi connectivity index (χ0v) is 10.1. The molecule has 2 aromatic rings. The molecule has 19 heavy (non-hydrogen) atoms. The minimum Gasteiger partial charge on any atom is -0.465 e. The molecule has 0 aliphatic carbocycles. The van der Waals surface area contributed by atoms with E-state index in [1.54, 1.807) is 25.1 Å². The second-order valence-electron chi connectivity index (χ2n) is 3.73. The summed E-state index contributed by atoms with van der Waals surface area (Å²) in [6.45, 7) is 1.77. The quantitative estimate of drug-likeness (QED) is 0.561. The van der Waals surface area contributed by atoms with Crippen LogP contribution in [-0.2, 0) is 4.79 Å². The van der Waals surface area contributed by atoms with E-state index in [2.05, 4.69) is 21.0 Å². The maximum Gasteiger partial charge on any atom is 0.290 e. The van der Waals surface area contributed by atoms with Crippen molar-refractivity contribution in [2.24, 2.45) is 0 Å². The number of rotatable bonds is 3. The standard InChI is InChI=1S/C12H12N4O3/c1-8-7-10(14-13-8)12(18)16-15-11(17)5-4-9-3-2-6-19-9/h2-7H,1H3,(H,13,14)(H,15,17)(H,16,18)/b5-4+. The van der Waals surface area contributed by atoms with Crippen LogP contribution in [0, 0.1) is 6.92 Å². The second kappa shape index (κ2) is 5.67. The van der Waals surface area contributed by atoms with E-state index in [1.165, 1.54) is 18.4 Å². The molecular weight excluding hydrogens is 248 g/mol. The Kier molecular flexibility index (Phi) is 3.77. The number of aryl methyl sites for hydroxylation is 1. The van der Waals surface area contributed by atoms with Gasteiger partial charge in [-0.3, -0.25) is 25.5 Å². The van der Waals surface area contributed by atoms with Gasteiger partial charge in [-0.2, -0.15) is 5.10 Å². The first kappa shape index (κ1) is 12.6. The fourth-order valence-electron chi connectivity index (χ4n) is 1.30. The van der Waals surface area contributed by atoms with E-state index in [4.69, 9.17) is 4.42 Å². The van der Waals surface area contributed by atoms with Crippen molar-refractivity contribution in [2.45, 2.75) is 6.92 Å². The first-order chi connectivity index (χ1) is 9.15. The lowest BCUT2D eigenvalue weighted by Crippen LogP contribution is -2.40. The van der Waals surface area contributed by atoms with Crippen molar-refractivity contribution in [1.29, 1.82) is 0 Å². The lowest BCUT2D eigenvalue weighted by atomic mass is 10.3. The van der Waals surface area contributed by atoms with E-state index in [1.807, 2.05) is 0 Å². The first-order valence-corrected chi connectivity index (χ1v) is 5.49. The zero-order chi connectivity index (χ0) is 13.7. The Morgan fingerprint density at radius 3 is 2.89 bits per heavy atom. The highest BCUT2D eigenvalue weighted by Gasteiger charge is 2.09. The number of aromatic nitrogens is 2. The van der Waals surface area contributed by atoms with Gasteiger partial charge in [-0.15, -0.1) is 0 Å². The van der Waals surface area contributed by atoms with Gasteiger partial charge < -0.3 is 4.42 Å². The smallest absolute Gasteiger partial charge is 0.290 e. The van der Waals surface area contributed by atoms with Gasteiger partial charge in [-0.1, -0.05) is 0 Å². The molecule has 3 N–H and O–H groups in total. The third kappa shape index (κ3) is 3.56. The molecule has 0 fully saturated rings. The Labute approximate surface area is 108 Å². The lowest BCUT2D eigenvalue weighted by Gasteiger charge is -2.02. The normalized spacial score (nSPS) is 10.6. The fraction of sp³-hybridized carbons (Fsp3) is 0.0833. The summed E-state index contributed by atoms with van der Waals surface area (Å²) in [6, 6.07) is 4.98. The van der Waals surface area contributed by atoms with E-state index in [0.717, 1.165) is 5.69 Å². The van der Waals surface area contributed by atoms with E-state index in [-0.39, 0.29) is 5.69 Å². The summed E-state index contributed by atoms with van der Waals surface area (Å²) in [5, 5.41) is 6.39. The van der Waals surface area contributed by atoms with E-state index in [0.29, 0.717) is 5.76 Å². The number of H-pyrrole nitrogens is 1. The number of hydrogen-bond acceptors (Lipinski definition) is 4. The lowest BCUT2D eigenvalue weighted by molar-refractivity contribution is -0.117. The van der Waals surface area contributed by atoms with Gasteiger partial charge >= 0.3 is 0 Å². The summed E-state index contributed by atoms with van der Waals surface area (Å²) in [5.74, 6) is -0.425. The van der Waals surface area contributed by atoms with Crippen molar-refractivity contribution < 1.29 is 14.0 Å². The summed E-state index contributed by atoms with van der Waals surface area (Å²) >= 11 is 0. The van der Waals surface area contributed by atoms with Gasteiger partial charge in [0.1, 0.15) is 5.76 Å². The average molecular weight is 260 g/mol. The van der Waals surface area contributed by atoms with Crippen LogP contribution in [0.3, 0.4) is 0 Å². The number of carbonyl (C=O) groups excluding carboxylic acids is 2. The summed E-state index contributed by atoms with van der Waals surface area (Å²) in [5.41, 5.74) is 5.43. The molecule has 2 heterocycles. The van der Waals surface area contributed by atoms with Crippen LogP contribution in [0.4, 0.5) is 0 Å². The van der Waals surface area contributed by atoms with Gasteiger partial charge in [-0.05, 0) is 31.2 Å². The Hall–Kier alpha value is -2.83. The number of aromatic amines is 1. The van der Waals surface area contributed by atoms with E-state index < -0.39 is 11.8 Å². The summed E-state index contributed by atoms with van der Waals surface area (Å²) in [7, 11) is 0. The zero-order valence-electron chi connectivity index (χ0n) is 10.1. The predicted molar refractivity (Wildman–Crippen MR) is 66.7 cm³/mol. The average Bonchev–Trinajstić information content (AvgIpc) is 3.04. The SMILES string of the molecule is Cc1cc(C(=O)NNC(=O)/C=C/c2ccco2)n[nH]1. The van der Waals surface area contributed by atoms with Crippen LogP contribution in [0.1, 0.15) is 21.9 Å². The Morgan fingerprint density at radius 1 is 1.42 bits per heavy atom. The molecule has 98 valence electrons. The molecule has 0 unspecified atom stereocenters. The number of furan rings is 1. The minimum atomic E-state index is -0.496. The highest BCUT2D eigenvalue weighted by atomic mass is 16.3. The Balaban J connectivity index is 1.82. The first-order valence-electron chi connectivity index (χ1n) is 5.49. The summed E-state index contributed by atoms with van der Waals surface area (Å²) in [4.78, 5) is 22.9. The number of amides is 2. The van der Waals surface area contributed by atoms with Gasteiger partial charge in [-0.25, -0.2) is 0 Å². The maximum atomic E-state index is 11.5. The van der Waals surface area contributed by atoms with Crippen molar-refractivity contribution in [3.63, 3.8) is 0 Å². The topological polar surface area (TPSA) is 100 Å². The Bertz CT molecular complexity index is 598. The molecule has 0 atom stereocenters. The monoisotopic (exact) mass is 260 g/mol. The second-order valence-corrected chi connectivity index (χ2v) is 3.73. The van der Waals surface area contributed by atoms with Crippen LogP contribution in [0.15, 0.2) is 35.0 Å². The van der Waals surface area contributed by atoms with Crippen LogP contribution in [0.2, 0.25) is 0 Å². The highest BCUT2D eigenvalue weighted by Crippen LogP contribution is 2.01. The number of nitrogens with zero attached hydrogens (tertiary/aromatic N) is 1. The molecule has 0 saturated carbocycles. The van der Waals surface area contributed by atoms with E-state index >= 15 is 0 Å². The molecule has 7 nitrogen and oxygen atoms in total. The molecule has 0 radical (unpaired) electrons. The molecule has 0 aliphatic rings. The maximum absolute atomic E-state index is 11.5. The van der Waals surface area contributed by atoms with Crippen LogP contribution in [0.25, 0.3) is 6.08 Å². The number of hydrogen-bond donors (Lipinski definition) is 3. The number of hydrazine groups is 1. The van der Waals surface area contributed by atoms with Gasteiger partial charge in [0, 0.05) is 11.8 Å². The number of nitrogens with one attached hydrogen (secondary N) is 3. The molecule has 7 heteroatoms. The largest absolute Gasteiger partial charge is 0.465 e. The Morgan fingerprint density at radius 2 is 2.26 bits per heavy atom. The predicted octanol–water partition coefficient (Wildman–Crippen LogP) is 0.786. The third-order valence-corrected chi connectivity index (χ3v) is 2.18.